The quantitative estimate of drug-likeness (QED) is 0.271. The maximum Gasteiger partial charge on any atom is 0.193 e. The van der Waals surface area contributed by atoms with Crippen molar-refractivity contribution in [2.75, 3.05) is 47.0 Å². The van der Waals surface area contributed by atoms with Crippen LogP contribution in [0.25, 0.3) is 0 Å². The van der Waals surface area contributed by atoms with Crippen molar-refractivity contribution in [3.05, 3.63) is 35.9 Å². The Kier molecular flexibility index (Phi) is 11.9. The molecule has 0 bridgehead atoms. The molecule has 0 amide bonds. The first kappa shape index (κ1) is 23.2. The van der Waals surface area contributed by atoms with Crippen LogP contribution >= 0.6 is 24.0 Å². The van der Waals surface area contributed by atoms with Crippen molar-refractivity contribution in [1.82, 2.24) is 10.2 Å². The smallest absolute Gasteiger partial charge is 0.193 e. The Morgan fingerprint density at radius 1 is 1.23 bits per heavy atom. The average Bonchev–Trinajstić information content (AvgIpc) is 2.67. The molecule has 1 N–H and O–H groups in total. The van der Waals surface area contributed by atoms with Crippen molar-refractivity contribution >= 4 is 29.9 Å². The zero-order valence-corrected chi connectivity index (χ0v) is 18.6. The van der Waals surface area contributed by atoms with Crippen LogP contribution in [0.5, 0.6) is 0 Å². The van der Waals surface area contributed by atoms with Gasteiger partial charge in [-0.3, -0.25) is 4.99 Å². The molecule has 1 unspecified atom stereocenters. The second-order valence-electron chi connectivity index (χ2n) is 6.64. The normalized spacial score (nSPS) is 16.9. The van der Waals surface area contributed by atoms with Gasteiger partial charge in [0.1, 0.15) is 0 Å². The van der Waals surface area contributed by atoms with Gasteiger partial charge in [-0.2, -0.15) is 0 Å². The summed E-state index contributed by atoms with van der Waals surface area (Å²) >= 11 is 0. The van der Waals surface area contributed by atoms with E-state index in [1.54, 1.807) is 7.11 Å². The van der Waals surface area contributed by atoms with Gasteiger partial charge in [0.2, 0.25) is 0 Å². The highest BCUT2D eigenvalue weighted by Crippen LogP contribution is 2.16. The summed E-state index contributed by atoms with van der Waals surface area (Å²) in [7, 11) is 3.60. The summed E-state index contributed by atoms with van der Waals surface area (Å²) in [5.41, 5.74) is 1.36. The fourth-order valence-corrected chi connectivity index (χ4v) is 3.16. The molecule has 0 spiro atoms. The molecule has 1 aromatic carbocycles. The summed E-state index contributed by atoms with van der Waals surface area (Å²) in [5, 5.41) is 3.53. The number of nitrogens with zero attached hydrogens (tertiary/aromatic N) is 2. The Morgan fingerprint density at radius 3 is 2.54 bits per heavy atom. The number of aliphatic imine (C=N–C) groups is 1. The lowest BCUT2D eigenvalue weighted by molar-refractivity contribution is 0.00990. The zero-order chi connectivity index (χ0) is 17.9. The molecule has 6 heteroatoms. The minimum Gasteiger partial charge on any atom is -0.385 e. The number of piperidine rings is 1. The molecule has 148 valence electrons. The van der Waals surface area contributed by atoms with E-state index in [2.05, 4.69) is 52.5 Å². The monoisotopic (exact) mass is 475 g/mol. The largest absolute Gasteiger partial charge is 0.385 e. The maximum absolute atomic E-state index is 5.94. The molecule has 1 aliphatic heterocycles. The van der Waals surface area contributed by atoms with E-state index in [0.717, 1.165) is 58.1 Å². The van der Waals surface area contributed by atoms with E-state index in [4.69, 9.17) is 9.47 Å². The predicted octanol–water partition coefficient (Wildman–Crippen LogP) is 3.50. The molecule has 0 aromatic heterocycles. The molecule has 0 saturated carbocycles. The van der Waals surface area contributed by atoms with E-state index in [1.165, 1.54) is 5.56 Å². The van der Waals surface area contributed by atoms with E-state index >= 15 is 0 Å². The van der Waals surface area contributed by atoms with Crippen molar-refractivity contribution in [1.29, 1.82) is 0 Å². The number of nitrogens with one attached hydrogen (secondary N) is 1. The third-order valence-electron chi connectivity index (χ3n) is 4.73. The van der Waals surface area contributed by atoms with E-state index < -0.39 is 0 Å². The molecule has 1 atom stereocenters. The van der Waals surface area contributed by atoms with E-state index in [1.807, 2.05) is 7.05 Å². The van der Waals surface area contributed by atoms with Crippen molar-refractivity contribution in [2.45, 2.75) is 38.2 Å². The van der Waals surface area contributed by atoms with Gasteiger partial charge in [0.15, 0.2) is 5.96 Å². The van der Waals surface area contributed by atoms with Crippen LogP contribution in [-0.4, -0.2) is 64.0 Å². The summed E-state index contributed by atoms with van der Waals surface area (Å²) in [4.78, 5) is 6.80. The average molecular weight is 475 g/mol. The number of hydrogen-bond acceptors (Lipinski definition) is 3. The first-order valence-corrected chi connectivity index (χ1v) is 9.35. The Hall–Kier alpha value is -0.860. The molecule has 2 rings (SSSR count). The number of rotatable bonds is 8. The van der Waals surface area contributed by atoms with Crippen LogP contribution in [0.4, 0.5) is 0 Å². The molecule has 1 fully saturated rings. The molecule has 26 heavy (non-hydrogen) atoms. The Labute approximate surface area is 175 Å². The molecule has 1 saturated heterocycles. The minimum atomic E-state index is 0. The number of halogens is 1. The zero-order valence-electron chi connectivity index (χ0n) is 16.3. The number of guanidine groups is 1. The van der Waals surface area contributed by atoms with Crippen LogP contribution in [0.2, 0.25) is 0 Å². The number of methoxy groups -OCH3 is 1. The molecule has 0 radical (unpaired) electrons. The van der Waals surface area contributed by atoms with Gasteiger partial charge in [0.05, 0.1) is 6.10 Å². The maximum atomic E-state index is 5.94. The van der Waals surface area contributed by atoms with E-state index in [-0.39, 0.29) is 24.0 Å². The van der Waals surface area contributed by atoms with Crippen LogP contribution in [0.15, 0.2) is 35.3 Å². The Morgan fingerprint density at radius 2 is 1.92 bits per heavy atom. The van der Waals surface area contributed by atoms with E-state index in [9.17, 15) is 0 Å². The van der Waals surface area contributed by atoms with Crippen molar-refractivity contribution in [2.24, 2.45) is 4.99 Å². The van der Waals surface area contributed by atoms with Crippen LogP contribution in [-0.2, 0) is 9.47 Å². The molecule has 1 heterocycles. The van der Waals surface area contributed by atoms with Gasteiger partial charge in [0.25, 0.3) is 0 Å². The van der Waals surface area contributed by atoms with Crippen LogP contribution < -0.4 is 5.32 Å². The topological polar surface area (TPSA) is 46.1 Å². The SMILES string of the molecule is CN=C(NCC(C)c1ccccc1)N1CCC(OCCCOC)CC1.I. The third kappa shape index (κ3) is 7.80. The fourth-order valence-electron chi connectivity index (χ4n) is 3.16. The Balaban J connectivity index is 0.00000338. The van der Waals surface area contributed by atoms with Gasteiger partial charge < -0.3 is 19.7 Å². The summed E-state index contributed by atoms with van der Waals surface area (Å²) in [6.45, 7) is 6.69. The van der Waals surface area contributed by atoms with Gasteiger partial charge in [-0.05, 0) is 30.7 Å². The Bertz CT molecular complexity index is 505. The first-order valence-electron chi connectivity index (χ1n) is 9.35. The molecule has 5 nitrogen and oxygen atoms in total. The highest BCUT2D eigenvalue weighted by molar-refractivity contribution is 14.0. The van der Waals surface area contributed by atoms with Crippen LogP contribution in [0, 0.1) is 0 Å². The standard InChI is InChI=1S/C20H33N3O2.HI/c1-17(18-8-5-4-6-9-18)16-22-20(21-2)23-12-10-19(11-13-23)25-15-7-14-24-3;/h4-6,8-9,17,19H,7,10-16H2,1-3H3,(H,21,22);1H. The number of ether oxygens (including phenoxy) is 2. The lowest BCUT2D eigenvalue weighted by atomic mass is 10.0. The molecule has 0 aliphatic carbocycles. The second-order valence-corrected chi connectivity index (χ2v) is 6.64. The number of hydrogen-bond donors (Lipinski definition) is 1. The predicted molar refractivity (Wildman–Crippen MR) is 119 cm³/mol. The van der Waals surface area contributed by atoms with Gasteiger partial charge >= 0.3 is 0 Å². The van der Waals surface area contributed by atoms with Gasteiger partial charge in [-0.25, -0.2) is 0 Å². The van der Waals surface area contributed by atoms with E-state index in [0.29, 0.717) is 12.0 Å². The second kappa shape index (κ2) is 13.3. The van der Waals surface area contributed by atoms with Gasteiger partial charge in [0, 0.05) is 47.0 Å². The summed E-state index contributed by atoms with van der Waals surface area (Å²) < 4.78 is 11.0. The number of likely N-dealkylation sites (tertiary alicyclic amines) is 1. The summed E-state index contributed by atoms with van der Waals surface area (Å²) in [6.07, 6.45) is 3.45. The van der Waals surface area contributed by atoms with Crippen molar-refractivity contribution in [3.8, 4) is 0 Å². The fraction of sp³-hybridized carbons (Fsp3) is 0.650. The van der Waals surface area contributed by atoms with Crippen LogP contribution in [0.1, 0.15) is 37.7 Å². The molecule has 1 aromatic rings. The van der Waals surface area contributed by atoms with Gasteiger partial charge in [-0.1, -0.05) is 37.3 Å². The van der Waals surface area contributed by atoms with Crippen molar-refractivity contribution in [3.63, 3.8) is 0 Å². The molecular formula is C20H34IN3O2. The van der Waals surface area contributed by atoms with Gasteiger partial charge in [-0.15, -0.1) is 24.0 Å². The minimum absolute atomic E-state index is 0. The lowest BCUT2D eigenvalue weighted by Crippen LogP contribution is -2.47. The third-order valence-corrected chi connectivity index (χ3v) is 4.73. The highest BCUT2D eigenvalue weighted by Gasteiger charge is 2.22. The number of benzene rings is 1. The summed E-state index contributed by atoms with van der Waals surface area (Å²) in [5.74, 6) is 1.46. The highest BCUT2D eigenvalue weighted by atomic mass is 127. The van der Waals surface area contributed by atoms with Crippen LogP contribution in [0.3, 0.4) is 0 Å². The molecule has 1 aliphatic rings. The lowest BCUT2D eigenvalue weighted by Gasteiger charge is -2.34. The first-order chi connectivity index (χ1) is 12.2. The van der Waals surface area contributed by atoms with Crippen molar-refractivity contribution < 1.29 is 9.47 Å². The molecular weight excluding hydrogens is 441 g/mol. The summed E-state index contributed by atoms with van der Waals surface area (Å²) in [6, 6.07) is 10.6.